The molecule has 0 spiro atoms. The fourth-order valence-corrected chi connectivity index (χ4v) is 2.57. The van der Waals surface area contributed by atoms with Crippen molar-refractivity contribution in [1.82, 2.24) is 4.90 Å². The molecule has 5 nitrogen and oxygen atoms in total. The molecule has 1 saturated heterocycles. The van der Waals surface area contributed by atoms with Crippen LogP contribution in [0, 0.1) is 0 Å². The number of methoxy groups -OCH3 is 2. The molecule has 1 fully saturated rings. The van der Waals surface area contributed by atoms with Gasteiger partial charge in [-0.15, -0.1) is 0 Å². The third kappa shape index (κ3) is 3.76. The van der Waals surface area contributed by atoms with Crippen LogP contribution in [0.15, 0.2) is 24.3 Å². The number of hydrogen-bond acceptors (Lipinski definition) is 5. The molecule has 0 amide bonds. The number of likely N-dealkylation sites (tertiary alicyclic amines) is 1. The van der Waals surface area contributed by atoms with E-state index >= 15 is 0 Å². The van der Waals surface area contributed by atoms with Crippen molar-refractivity contribution in [2.24, 2.45) is 0 Å². The topological polar surface area (TPSA) is 59.0 Å². The minimum absolute atomic E-state index is 0.125. The molecular formula is C16H21NO4. The van der Waals surface area contributed by atoms with Crippen molar-refractivity contribution in [1.29, 1.82) is 0 Å². The number of hydrogen-bond donors (Lipinski definition) is 1. The van der Waals surface area contributed by atoms with Crippen molar-refractivity contribution in [2.45, 2.75) is 18.9 Å². The quantitative estimate of drug-likeness (QED) is 0.841. The van der Waals surface area contributed by atoms with E-state index in [4.69, 9.17) is 9.47 Å². The molecular weight excluding hydrogens is 270 g/mol. The normalized spacial score (nSPS) is 19.0. The van der Waals surface area contributed by atoms with Gasteiger partial charge in [0.2, 0.25) is 0 Å². The summed E-state index contributed by atoms with van der Waals surface area (Å²) in [5.74, 6) is 0.415. The minimum atomic E-state index is -0.160. The lowest BCUT2D eigenvalue weighted by Crippen LogP contribution is -2.36. The van der Waals surface area contributed by atoms with Crippen LogP contribution in [0.3, 0.4) is 0 Å². The molecule has 1 heterocycles. The molecule has 2 rings (SSSR count). The molecule has 0 bridgehead atoms. The van der Waals surface area contributed by atoms with Crippen LogP contribution in [0.4, 0.5) is 0 Å². The molecule has 1 N–H and O–H groups in total. The Bertz CT molecular complexity index is 527. The highest BCUT2D eigenvalue weighted by Crippen LogP contribution is 2.26. The summed E-state index contributed by atoms with van der Waals surface area (Å²) in [6, 6.07) is 5.06. The van der Waals surface area contributed by atoms with Crippen LogP contribution in [-0.4, -0.2) is 49.3 Å². The number of phenolic OH excluding ortho intramolecular Hbond substituents is 1. The Balaban J connectivity index is 1.97. The Hall–Kier alpha value is -2.01. The highest BCUT2D eigenvalue weighted by atomic mass is 16.5. The number of nitrogens with zero attached hydrogens (tertiary/aromatic N) is 1. The molecule has 21 heavy (non-hydrogen) atoms. The molecule has 114 valence electrons. The Morgan fingerprint density at radius 3 is 3.00 bits per heavy atom. The van der Waals surface area contributed by atoms with Crippen LogP contribution < -0.4 is 4.74 Å². The number of esters is 1. The maximum atomic E-state index is 11.6. The Labute approximate surface area is 124 Å². The molecule has 0 aromatic heterocycles. The summed E-state index contributed by atoms with van der Waals surface area (Å²) < 4.78 is 9.90. The molecule has 1 aliphatic rings. The maximum Gasteiger partial charge on any atom is 0.323 e. The van der Waals surface area contributed by atoms with Crippen LogP contribution >= 0.6 is 0 Å². The van der Waals surface area contributed by atoms with Gasteiger partial charge in [-0.3, -0.25) is 9.69 Å². The van der Waals surface area contributed by atoms with Gasteiger partial charge in [0.25, 0.3) is 0 Å². The molecule has 1 aromatic rings. The maximum absolute atomic E-state index is 11.6. The van der Waals surface area contributed by atoms with Gasteiger partial charge in [-0.2, -0.15) is 0 Å². The molecule has 5 heteroatoms. The van der Waals surface area contributed by atoms with Crippen molar-refractivity contribution >= 4 is 12.0 Å². The fraction of sp³-hybridized carbons (Fsp3) is 0.438. The van der Waals surface area contributed by atoms with Gasteiger partial charge in [0.15, 0.2) is 11.5 Å². The number of carbonyl (C=O) groups is 1. The third-order valence-corrected chi connectivity index (χ3v) is 3.69. The number of aromatic hydroxyl groups is 1. The van der Waals surface area contributed by atoms with Crippen LogP contribution in [-0.2, 0) is 9.53 Å². The second-order valence-electron chi connectivity index (χ2n) is 5.01. The highest BCUT2D eigenvalue weighted by Gasteiger charge is 2.30. The minimum Gasteiger partial charge on any atom is -0.504 e. The van der Waals surface area contributed by atoms with Crippen LogP contribution in [0.25, 0.3) is 6.08 Å². The number of phenols is 1. The summed E-state index contributed by atoms with van der Waals surface area (Å²) in [6.45, 7) is 1.60. The van der Waals surface area contributed by atoms with E-state index in [1.54, 1.807) is 12.1 Å². The summed E-state index contributed by atoms with van der Waals surface area (Å²) in [7, 11) is 2.95. The first-order chi connectivity index (χ1) is 10.2. The third-order valence-electron chi connectivity index (χ3n) is 3.69. The van der Waals surface area contributed by atoms with Gasteiger partial charge in [-0.25, -0.2) is 0 Å². The standard InChI is InChI=1S/C16H21NO4/c1-20-15-11-12(7-8-14(15)18)5-3-9-17-10-4-6-13(17)16(19)21-2/h3,5,7-8,11,13,18H,4,6,9-10H2,1-2H3/t13-/m0/s1. The fourth-order valence-electron chi connectivity index (χ4n) is 2.57. The zero-order valence-corrected chi connectivity index (χ0v) is 12.4. The summed E-state index contributed by atoms with van der Waals surface area (Å²) in [6.07, 6.45) is 5.83. The van der Waals surface area contributed by atoms with E-state index in [9.17, 15) is 9.90 Å². The van der Waals surface area contributed by atoms with E-state index in [0.717, 1.165) is 24.9 Å². The molecule has 0 aliphatic carbocycles. The number of ether oxygens (including phenoxy) is 2. The highest BCUT2D eigenvalue weighted by molar-refractivity contribution is 5.76. The van der Waals surface area contributed by atoms with E-state index in [0.29, 0.717) is 12.3 Å². The Kier molecular flexibility index (Phi) is 5.22. The first-order valence-electron chi connectivity index (χ1n) is 7.01. The molecule has 0 unspecified atom stereocenters. The van der Waals surface area contributed by atoms with E-state index in [2.05, 4.69) is 4.90 Å². The SMILES string of the molecule is COC(=O)[C@@H]1CCCN1CC=Cc1ccc(O)c(OC)c1. The zero-order chi connectivity index (χ0) is 15.2. The summed E-state index contributed by atoms with van der Waals surface area (Å²) in [5, 5.41) is 9.55. The lowest BCUT2D eigenvalue weighted by atomic mass is 10.2. The van der Waals surface area contributed by atoms with Gasteiger partial charge >= 0.3 is 5.97 Å². The second-order valence-corrected chi connectivity index (χ2v) is 5.01. The number of rotatable bonds is 5. The predicted octanol–water partition coefficient (Wildman–Crippen LogP) is 2.05. The molecule has 0 radical (unpaired) electrons. The lowest BCUT2D eigenvalue weighted by molar-refractivity contribution is -0.145. The van der Waals surface area contributed by atoms with E-state index in [1.807, 2.05) is 18.2 Å². The van der Waals surface area contributed by atoms with Crippen LogP contribution in [0.1, 0.15) is 18.4 Å². The molecule has 0 saturated carbocycles. The van der Waals surface area contributed by atoms with Crippen LogP contribution in [0.2, 0.25) is 0 Å². The van der Waals surface area contributed by atoms with Crippen molar-refractivity contribution < 1.29 is 19.4 Å². The van der Waals surface area contributed by atoms with Crippen molar-refractivity contribution in [3.8, 4) is 11.5 Å². The zero-order valence-electron chi connectivity index (χ0n) is 12.4. The first-order valence-corrected chi connectivity index (χ1v) is 7.01. The summed E-state index contributed by atoms with van der Waals surface area (Å²) in [5.41, 5.74) is 0.943. The monoisotopic (exact) mass is 291 g/mol. The van der Waals surface area contributed by atoms with Gasteiger partial charge in [0.1, 0.15) is 6.04 Å². The van der Waals surface area contributed by atoms with E-state index < -0.39 is 0 Å². The number of benzene rings is 1. The van der Waals surface area contributed by atoms with Gasteiger partial charge in [-0.1, -0.05) is 18.2 Å². The molecule has 1 aromatic carbocycles. The predicted molar refractivity (Wildman–Crippen MR) is 80.3 cm³/mol. The lowest BCUT2D eigenvalue weighted by Gasteiger charge is -2.20. The van der Waals surface area contributed by atoms with Gasteiger partial charge in [0.05, 0.1) is 14.2 Å². The largest absolute Gasteiger partial charge is 0.504 e. The van der Waals surface area contributed by atoms with Crippen LogP contribution in [0.5, 0.6) is 11.5 Å². The van der Waals surface area contributed by atoms with Crippen molar-refractivity contribution in [3.63, 3.8) is 0 Å². The average molecular weight is 291 g/mol. The number of carbonyl (C=O) groups excluding carboxylic acids is 1. The van der Waals surface area contributed by atoms with E-state index in [1.165, 1.54) is 14.2 Å². The van der Waals surface area contributed by atoms with Gasteiger partial charge in [-0.05, 0) is 37.1 Å². The second kappa shape index (κ2) is 7.13. The molecule has 1 atom stereocenters. The molecule has 1 aliphatic heterocycles. The first kappa shape index (κ1) is 15.4. The Morgan fingerprint density at radius 2 is 2.29 bits per heavy atom. The van der Waals surface area contributed by atoms with Gasteiger partial charge < -0.3 is 14.6 Å². The Morgan fingerprint density at radius 1 is 1.48 bits per heavy atom. The van der Waals surface area contributed by atoms with Crippen molar-refractivity contribution in [3.05, 3.63) is 29.8 Å². The van der Waals surface area contributed by atoms with Crippen molar-refractivity contribution in [2.75, 3.05) is 27.3 Å². The average Bonchev–Trinajstić information content (AvgIpc) is 2.96. The van der Waals surface area contributed by atoms with Gasteiger partial charge in [0, 0.05) is 6.54 Å². The summed E-state index contributed by atoms with van der Waals surface area (Å²) in [4.78, 5) is 13.8. The van der Waals surface area contributed by atoms with E-state index in [-0.39, 0.29) is 17.8 Å². The summed E-state index contributed by atoms with van der Waals surface area (Å²) >= 11 is 0. The smallest absolute Gasteiger partial charge is 0.323 e.